The van der Waals surface area contributed by atoms with E-state index in [-0.39, 0.29) is 29.7 Å². The molecule has 21 nitrogen and oxygen atoms in total. The van der Waals surface area contributed by atoms with Crippen LogP contribution in [-0.2, 0) is 18.9 Å². The van der Waals surface area contributed by atoms with Crippen LogP contribution in [0.3, 0.4) is 0 Å². The zero-order valence-corrected chi connectivity index (χ0v) is 46.9. The number of oxazole rings is 2. The number of rotatable bonds is 16. The largest absolute Gasteiger partial charge is 0.436 e. The molecule has 84 heavy (non-hydrogen) atoms. The predicted molar refractivity (Wildman–Crippen MR) is 312 cm³/mol. The molecule has 10 heterocycles. The van der Waals surface area contributed by atoms with Crippen LogP contribution in [0.2, 0.25) is 0 Å². The molecule has 4 aromatic carbocycles. The van der Waals surface area contributed by atoms with Gasteiger partial charge in [-0.2, -0.15) is 19.8 Å². The van der Waals surface area contributed by atoms with E-state index in [0.717, 1.165) is 59.1 Å². The van der Waals surface area contributed by atoms with E-state index in [1.165, 1.54) is 0 Å². The summed E-state index contributed by atoms with van der Waals surface area (Å²) in [6.45, 7) is 6.05. The van der Waals surface area contributed by atoms with Crippen LogP contribution in [0, 0.1) is 25.7 Å². The molecule has 21 heteroatoms. The SMILES string of the molecule is Cc1nnn(C(c2ccccc2)C2CCN([C@@H](C(=O)[C@@H](c3cc(-c4nc5cc(-c6cnn(C)c6)ccc5o4)ccn3)N3CCC(C(c4ccccc4)n4nnc(C)n4)CC3)c3cc(-c4nc5cc(-c6cnn(C)c6)ccc5o4)ccn3)CC2)n1. The Balaban J connectivity index is 0.852. The molecule has 0 N–H and O–H groups in total. The lowest BCUT2D eigenvalue weighted by molar-refractivity contribution is -0.132. The van der Waals surface area contributed by atoms with Gasteiger partial charge >= 0.3 is 0 Å². The van der Waals surface area contributed by atoms with E-state index in [2.05, 4.69) is 89.2 Å². The summed E-state index contributed by atoms with van der Waals surface area (Å²) in [5.74, 6) is 2.28. The zero-order valence-electron chi connectivity index (χ0n) is 46.9. The Kier molecular flexibility index (Phi) is 13.8. The number of carbonyl (C=O) groups is 1. The summed E-state index contributed by atoms with van der Waals surface area (Å²) < 4.78 is 16.6. The number of ketones is 1. The molecule has 2 saturated heterocycles. The topological polar surface area (TPSA) is 224 Å². The number of hydrogen-bond donors (Lipinski definition) is 0. The van der Waals surface area contributed by atoms with Gasteiger partial charge in [0.15, 0.2) is 28.6 Å². The van der Waals surface area contributed by atoms with Crippen LogP contribution in [0.25, 0.3) is 67.4 Å². The molecule has 0 spiro atoms. The first-order chi connectivity index (χ1) is 41.1. The number of Topliss-reactive ketones (excluding diaryl/α,β-unsaturated/α-hetero) is 1. The second-order valence-corrected chi connectivity index (χ2v) is 22.1. The molecule has 0 bridgehead atoms. The molecule has 420 valence electrons. The molecule has 0 saturated carbocycles. The molecule has 2 unspecified atom stereocenters. The van der Waals surface area contributed by atoms with Gasteiger partial charge in [-0.05, 0) is 159 Å². The lowest BCUT2D eigenvalue weighted by Crippen LogP contribution is -2.48. The highest BCUT2D eigenvalue weighted by atomic mass is 16.4. The number of aromatic nitrogens is 16. The summed E-state index contributed by atoms with van der Waals surface area (Å²) in [5, 5.41) is 35.9. The molecule has 14 rings (SSSR count). The van der Waals surface area contributed by atoms with E-state index in [0.29, 0.717) is 94.3 Å². The number of piperidine rings is 2. The van der Waals surface area contributed by atoms with Gasteiger partial charge in [0, 0.05) is 61.1 Å². The van der Waals surface area contributed by atoms with E-state index in [9.17, 15) is 0 Å². The molecular weight excluding hydrogens is 1060 g/mol. The standard InChI is InChI=1S/C63H60N18O3/c1-39-70-74-80(72-39)57(41-11-7-5-8-12-41)43-21-27-78(28-22-43)59(53-33-47(19-25-64-53)62-68-51-31-45(15-17-55(51)83-62)49-35-66-76(3)37-49)61(82)60(79-29-23-44(24-30-79)58(42-13-9-6-10-14-42)81-73-40(2)71-75-81)54-34-48(20-26-65-54)63-69-52-32-46(16-18-56(52)84-63)50-36-67-77(4)38-50/h5-20,25-26,31-38,43-44,57-60H,21-24,27-30H2,1-4H3/t57?,58?,59-,60-/m1/s1. The Bertz CT molecular complexity index is 4010. The number of hydrogen-bond acceptors (Lipinski definition) is 17. The van der Waals surface area contributed by atoms with E-state index in [4.69, 9.17) is 39.0 Å². The minimum atomic E-state index is -0.822. The number of aryl methyl sites for hydroxylation is 4. The molecule has 2 aliphatic rings. The first-order valence-electron chi connectivity index (χ1n) is 28.5. The fourth-order valence-electron chi connectivity index (χ4n) is 12.5. The number of benzene rings is 4. The molecule has 8 aromatic heterocycles. The van der Waals surface area contributed by atoms with Crippen LogP contribution in [0.4, 0.5) is 0 Å². The van der Waals surface area contributed by atoms with E-state index in [1.807, 2.05) is 126 Å². The van der Waals surface area contributed by atoms with Gasteiger partial charge < -0.3 is 8.83 Å². The maximum absolute atomic E-state index is 16.8. The summed E-state index contributed by atoms with van der Waals surface area (Å²) in [6, 6.07) is 38.5. The first-order valence-corrected chi connectivity index (χ1v) is 28.5. The van der Waals surface area contributed by atoms with Crippen molar-refractivity contribution in [2.45, 2.75) is 63.7 Å². The Morgan fingerprint density at radius 3 is 1.32 bits per heavy atom. The number of carbonyl (C=O) groups excluding carboxylic acids is 1. The van der Waals surface area contributed by atoms with E-state index in [1.54, 1.807) is 31.4 Å². The van der Waals surface area contributed by atoms with Crippen LogP contribution in [-0.4, -0.2) is 122 Å². The van der Waals surface area contributed by atoms with Crippen molar-refractivity contribution in [3.05, 3.63) is 193 Å². The Morgan fingerprint density at radius 2 is 0.940 bits per heavy atom. The maximum atomic E-state index is 16.8. The van der Waals surface area contributed by atoms with Gasteiger partial charge in [-0.1, -0.05) is 72.8 Å². The highest BCUT2D eigenvalue weighted by Gasteiger charge is 2.43. The Labute approximate surface area is 483 Å². The molecule has 12 aromatic rings. The molecule has 0 aliphatic carbocycles. The zero-order chi connectivity index (χ0) is 56.8. The average Bonchev–Trinajstić information content (AvgIpc) is 3.90. The Morgan fingerprint density at radius 1 is 0.512 bits per heavy atom. The summed E-state index contributed by atoms with van der Waals surface area (Å²) in [4.78, 5) is 45.2. The smallest absolute Gasteiger partial charge is 0.227 e. The predicted octanol–water partition coefficient (Wildman–Crippen LogP) is 9.84. The fraction of sp³-hybridized carbons (Fsp3) is 0.286. The third-order valence-corrected chi connectivity index (χ3v) is 16.6. The van der Waals surface area contributed by atoms with Gasteiger partial charge in [0.25, 0.3) is 0 Å². The van der Waals surface area contributed by atoms with Gasteiger partial charge in [-0.15, -0.1) is 20.4 Å². The second kappa shape index (κ2) is 22.2. The van der Waals surface area contributed by atoms with E-state index >= 15 is 4.79 Å². The van der Waals surface area contributed by atoms with Crippen molar-refractivity contribution in [1.82, 2.24) is 89.7 Å². The number of fused-ring (bicyclic) bond motifs is 2. The highest BCUT2D eigenvalue weighted by Crippen LogP contribution is 2.42. The quantitative estimate of drug-likeness (QED) is 0.0877. The molecule has 0 amide bonds. The lowest BCUT2D eigenvalue weighted by atomic mass is 9.83. The van der Waals surface area contributed by atoms with Crippen LogP contribution >= 0.6 is 0 Å². The van der Waals surface area contributed by atoms with Crippen molar-refractivity contribution in [3.63, 3.8) is 0 Å². The van der Waals surface area contributed by atoms with Crippen LogP contribution in [0.5, 0.6) is 0 Å². The first kappa shape index (κ1) is 52.4. The third-order valence-electron chi connectivity index (χ3n) is 16.6. The second-order valence-electron chi connectivity index (χ2n) is 22.1. The molecule has 2 aliphatic heterocycles. The average molecular weight is 1120 g/mol. The van der Waals surface area contributed by atoms with Crippen LogP contribution in [0.15, 0.2) is 167 Å². The molecule has 2 fully saturated rings. The van der Waals surface area contributed by atoms with Crippen molar-refractivity contribution in [1.29, 1.82) is 0 Å². The van der Waals surface area contributed by atoms with Crippen molar-refractivity contribution in [2.24, 2.45) is 25.9 Å². The van der Waals surface area contributed by atoms with Gasteiger partial charge in [-0.3, -0.25) is 33.9 Å². The molecular formula is C63H60N18O3. The van der Waals surface area contributed by atoms with Crippen molar-refractivity contribution in [3.8, 4) is 45.2 Å². The minimum Gasteiger partial charge on any atom is -0.436 e. The molecule has 4 atom stereocenters. The fourth-order valence-corrected chi connectivity index (χ4v) is 12.5. The lowest BCUT2D eigenvalue weighted by Gasteiger charge is -2.43. The van der Waals surface area contributed by atoms with Gasteiger partial charge in [-0.25, -0.2) is 9.97 Å². The summed E-state index contributed by atoms with van der Waals surface area (Å²) >= 11 is 0. The summed E-state index contributed by atoms with van der Waals surface area (Å²) in [7, 11) is 3.80. The van der Waals surface area contributed by atoms with Gasteiger partial charge in [0.1, 0.15) is 35.2 Å². The number of nitrogens with zero attached hydrogens (tertiary/aromatic N) is 18. The van der Waals surface area contributed by atoms with Gasteiger partial charge in [0.2, 0.25) is 11.8 Å². The van der Waals surface area contributed by atoms with E-state index < -0.39 is 12.1 Å². The van der Waals surface area contributed by atoms with Crippen LogP contribution in [0.1, 0.15) is 84.0 Å². The third kappa shape index (κ3) is 10.4. The highest BCUT2D eigenvalue weighted by molar-refractivity contribution is 5.91. The monoisotopic (exact) mass is 1120 g/mol. The maximum Gasteiger partial charge on any atom is 0.227 e. The van der Waals surface area contributed by atoms with Crippen LogP contribution < -0.4 is 0 Å². The van der Waals surface area contributed by atoms with Gasteiger partial charge in [0.05, 0.1) is 23.8 Å². The van der Waals surface area contributed by atoms with Crippen molar-refractivity contribution in [2.75, 3.05) is 26.2 Å². The minimum absolute atomic E-state index is 0.0556. The summed E-state index contributed by atoms with van der Waals surface area (Å²) in [5.41, 5.74) is 11.4. The summed E-state index contributed by atoms with van der Waals surface area (Å²) in [6.07, 6.45) is 14.1. The Hall–Kier alpha value is -9.73. The molecule has 0 radical (unpaired) electrons. The number of likely N-dealkylation sites (tertiary alicyclic amines) is 2. The normalized spacial score (nSPS) is 16.3. The number of tetrazole rings is 2. The van der Waals surface area contributed by atoms with Crippen molar-refractivity contribution >= 4 is 28.0 Å². The van der Waals surface area contributed by atoms with Crippen molar-refractivity contribution < 1.29 is 13.6 Å². The number of pyridine rings is 2.